The van der Waals surface area contributed by atoms with Crippen LogP contribution >= 0.6 is 0 Å². The van der Waals surface area contributed by atoms with Gasteiger partial charge in [-0.3, -0.25) is 0 Å². The molecule has 1 aliphatic carbocycles. The first-order chi connectivity index (χ1) is 9.50. The van der Waals surface area contributed by atoms with Gasteiger partial charge in [-0.1, -0.05) is 55.5 Å². The average Bonchev–Trinajstić information content (AvgIpc) is 2.86. The van der Waals surface area contributed by atoms with Gasteiger partial charge in [0.05, 0.1) is 8.07 Å². The Balaban J connectivity index is 1.80. The van der Waals surface area contributed by atoms with Crippen LogP contribution in [0.5, 0.6) is 0 Å². The van der Waals surface area contributed by atoms with Gasteiger partial charge in [-0.15, -0.1) is 0 Å². The summed E-state index contributed by atoms with van der Waals surface area (Å²) in [5.74, 6) is 1.19. The Kier molecular flexibility index (Phi) is 5.41. The Morgan fingerprint density at radius 2 is 1.75 bits per heavy atom. The Morgan fingerprint density at radius 3 is 2.35 bits per heavy atom. The van der Waals surface area contributed by atoms with Crippen molar-refractivity contribution in [2.75, 3.05) is 13.2 Å². The quantitative estimate of drug-likeness (QED) is 0.790. The molecule has 1 fully saturated rings. The lowest BCUT2D eigenvalue weighted by Crippen LogP contribution is -2.37. The minimum atomic E-state index is -1.17. The topological polar surface area (TPSA) is 32.3 Å². The maximum atomic E-state index is 9.34. The van der Waals surface area contributed by atoms with Crippen LogP contribution in [0.25, 0.3) is 0 Å². The average molecular weight is 292 g/mol. The molecule has 0 spiro atoms. The lowest BCUT2D eigenvalue weighted by molar-refractivity contribution is 0.192. The molecule has 0 aromatic heterocycles. The van der Waals surface area contributed by atoms with Crippen LogP contribution in [-0.2, 0) is 6.54 Å². The fraction of sp³-hybridized carbons (Fsp3) is 0.647. The minimum Gasteiger partial charge on any atom is -0.396 e. The molecule has 0 heterocycles. The van der Waals surface area contributed by atoms with Gasteiger partial charge in [0.15, 0.2) is 0 Å². The molecule has 1 aromatic carbocycles. The number of aliphatic hydroxyl groups is 1. The summed E-state index contributed by atoms with van der Waals surface area (Å²) < 4.78 is 0. The normalized spacial score (nSPS) is 23.2. The molecular formula is C17H29NOSi. The van der Waals surface area contributed by atoms with E-state index in [1.54, 1.807) is 0 Å². The first kappa shape index (κ1) is 15.7. The summed E-state index contributed by atoms with van der Waals surface area (Å²) in [7, 11) is -1.17. The highest BCUT2D eigenvalue weighted by Gasteiger charge is 2.25. The molecule has 2 unspecified atom stereocenters. The SMILES string of the molecule is C[Si](C)(C)c1ccc(CNCC2CCCC2CO)cc1. The molecule has 0 amide bonds. The van der Waals surface area contributed by atoms with Gasteiger partial charge < -0.3 is 10.4 Å². The largest absolute Gasteiger partial charge is 0.396 e. The van der Waals surface area contributed by atoms with Gasteiger partial charge in [-0.25, -0.2) is 0 Å². The molecule has 3 heteroatoms. The molecule has 2 atom stereocenters. The Bertz CT molecular complexity index is 410. The van der Waals surface area contributed by atoms with Crippen LogP contribution in [0.4, 0.5) is 0 Å². The van der Waals surface area contributed by atoms with Crippen molar-refractivity contribution < 1.29 is 5.11 Å². The van der Waals surface area contributed by atoms with Crippen molar-refractivity contribution >= 4 is 13.3 Å². The highest BCUT2D eigenvalue weighted by molar-refractivity contribution is 6.88. The molecule has 0 radical (unpaired) electrons. The summed E-state index contributed by atoms with van der Waals surface area (Å²) in [5.41, 5.74) is 1.37. The number of benzene rings is 1. The summed E-state index contributed by atoms with van der Waals surface area (Å²) in [6, 6.07) is 9.13. The number of hydrogen-bond acceptors (Lipinski definition) is 2. The first-order valence-corrected chi connectivity index (χ1v) is 11.4. The summed E-state index contributed by atoms with van der Waals surface area (Å²) in [5, 5.41) is 14.4. The lowest BCUT2D eigenvalue weighted by atomic mass is 9.97. The van der Waals surface area contributed by atoms with E-state index in [-0.39, 0.29) is 0 Å². The predicted molar refractivity (Wildman–Crippen MR) is 89.0 cm³/mol. The van der Waals surface area contributed by atoms with Crippen molar-refractivity contribution in [3.63, 3.8) is 0 Å². The van der Waals surface area contributed by atoms with E-state index in [2.05, 4.69) is 49.2 Å². The monoisotopic (exact) mass is 291 g/mol. The second-order valence-electron chi connectivity index (χ2n) is 7.21. The second-order valence-corrected chi connectivity index (χ2v) is 12.3. The summed E-state index contributed by atoms with van der Waals surface area (Å²) in [4.78, 5) is 0. The molecule has 1 aliphatic rings. The molecule has 0 bridgehead atoms. The summed E-state index contributed by atoms with van der Waals surface area (Å²) in [6.45, 7) is 9.50. The van der Waals surface area contributed by atoms with Crippen LogP contribution in [0.3, 0.4) is 0 Å². The van der Waals surface area contributed by atoms with E-state index < -0.39 is 8.07 Å². The smallest absolute Gasteiger partial charge is 0.0775 e. The van der Waals surface area contributed by atoms with Crippen LogP contribution < -0.4 is 10.5 Å². The van der Waals surface area contributed by atoms with Crippen molar-refractivity contribution in [3.8, 4) is 0 Å². The second kappa shape index (κ2) is 6.88. The van der Waals surface area contributed by atoms with Gasteiger partial charge in [-0.2, -0.15) is 0 Å². The minimum absolute atomic E-state index is 0.358. The molecule has 2 N–H and O–H groups in total. The van der Waals surface area contributed by atoms with Gasteiger partial charge in [0.1, 0.15) is 0 Å². The zero-order valence-electron chi connectivity index (χ0n) is 13.2. The Hall–Kier alpha value is -0.643. The van der Waals surface area contributed by atoms with Crippen LogP contribution in [-0.4, -0.2) is 26.3 Å². The molecule has 2 nitrogen and oxygen atoms in total. The highest BCUT2D eigenvalue weighted by atomic mass is 28.3. The maximum absolute atomic E-state index is 9.34. The van der Waals surface area contributed by atoms with E-state index in [9.17, 15) is 5.11 Å². The third-order valence-electron chi connectivity index (χ3n) is 4.61. The molecule has 1 aromatic rings. The fourth-order valence-electron chi connectivity index (χ4n) is 3.15. The zero-order chi connectivity index (χ0) is 14.6. The van der Waals surface area contributed by atoms with E-state index in [0.29, 0.717) is 18.4 Å². The molecule has 20 heavy (non-hydrogen) atoms. The van der Waals surface area contributed by atoms with Crippen LogP contribution in [0.2, 0.25) is 19.6 Å². The molecular weight excluding hydrogens is 262 g/mol. The van der Waals surface area contributed by atoms with Crippen molar-refractivity contribution in [3.05, 3.63) is 29.8 Å². The molecule has 0 saturated heterocycles. The van der Waals surface area contributed by atoms with Gasteiger partial charge in [-0.05, 0) is 36.8 Å². The van der Waals surface area contributed by atoms with E-state index in [1.165, 1.54) is 30.0 Å². The molecule has 1 saturated carbocycles. The Labute approximate surface area is 124 Å². The summed E-state index contributed by atoms with van der Waals surface area (Å²) >= 11 is 0. The zero-order valence-corrected chi connectivity index (χ0v) is 14.2. The van der Waals surface area contributed by atoms with Crippen LogP contribution in [0.15, 0.2) is 24.3 Å². The fourth-order valence-corrected chi connectivity index (χ4v) is 4.31. The van der Waals surface area contributed by atoms with Gasteiger partial charge in [0.25, 0.3) is 0 Å². The van der Waals surface area contributed by atoms with Crippen molar-refractivity contribution in [2.45, 2.75) is 45.4 Å². The van der Waals surface area contributed by atoms with Gasteiger partial charge in [0, 0.05) is 13.2 Å². The third-order valence-corrected chi connectivity index (χ3v) is 6.67. The van der Waals surface area contributed by atoms with Crippen LogP contribution in [0.1, 0.15) is 24.8 Å². The number of nitrogens with one attached hydrogen (secondary N) is 1. The first-order valence-electron chi connectivity index (χ1n) is 7.91. The van der Waals surface area contributed by atoms with Crippen LogP contribution in [0, 0.1) is 11.8 Å². The summed E-state index contributed by atoms with van der Waals surface area (Å²) in [6.07, 6.45) is 3.75. The molecule has 2 rings (SSSR count). The number of aliphatic hydroxyl groups excluding tert-OH is 1. The third kappa shape index (κ3) is 4.17. The van der Waals surface area contributed by atoms with E-state index in [4.69, 9.17) is 0 Å². The molecule has 112 valence electrons. The predicted octanol–water partition coefficient (Wildman–Crippen LogP) is 2.73. The van der Waals surface area contributed by atoms with Gasteiger partial charge in [0.2, 0.25) is 0 Å². The lowest BCUT2D eigenvalue weighted by Gasteiger charge is -2.19. The Morgan fingerprint density at radius 1 is 1.10 bits per heavy atom. The van der Waals surface area contributed by atoms with E-state index in [1.807, 2.05) is 0 Å². The maximum Gasteiger partial charge on any atom is 0.0775 e. The van der Waals surface area contributed by atoms with Crippen molar-refractivity contribution in [1.82, 2.24) is 5.32 Å². The highest BCUT2D eigenvalue weighted by Crippen LogP contribution is 2.30. The van der Waals surface area contributed by atoms with Gasteiger partial charge >= 0.3 is 0 Å². The number of rotatable bonds is 6. The van der Waals surface area contributed by atoms with E-state index in [0.717, 1.165) is 13.1 Å². The number of hydrogen-bond donors (Lipinski definition) is 2. The molecule has 0 aliphatic heterocycles. The van der Waals surface area contributed by atoms with Crippen molar-refractivity contribution in [1.29, 1.82) is 0 Å². The van der Waals surface area contributed by atoms with E-state index >= 15 is 0 Å². The standard InChI is InChI=1S/C17H29NOSi/c1-20(2,3)17-9-7-14(8-10-17)11-18-12-15-5-4-6-16(15)13-19/h7-10,15-16,18-19H,4-6,11-13H2,1-3H3. The van der Waals surface area contributed by atoms with Crippen molar-refractivity contribution in [2.24, 2.45) is 11.8 Å².